The molecule has 0 aliphatic heterocycles. The van der Waals surface area contributed by atoms with Crippen LogP contribution < -0.4 is 5.73 Å². The molecule has 2 N–H and O–H groups in total. The fraction of sp³-hybridized carbons (Fsp3) is 0.400. The lowest BCUT2D eigenvalue weighted by Gasteiger charge is -2.07. The Kier molecular flexibility index (Phi) is 4.32. The van der Waals surface area contributed by atoms with E-state index in [4.69, 9.17) is 5.73 Å². The Hall–Kier alpha value is -0.640. The summed E-state index contributed by atoms with van der Waals surface area (Å²) in [7, 11) is 0. The third-order valence-electron chi connectivity index (χ3n) is 2.00. The summed E-state index contributed by atoms with van der Waals surface area (Å²) >= 11 is 3.29. The second kappa shape index (κ2) is 5.29. The van der Waals surface area contributed by atoms with Gasteiger partial charge in [0.2, 0.25) is 0 Å². The van der Waals surface area contributed by atoms with E-state index in [-0.39, 0.29) is 5.56 Å². The molecule has 0 atom stereocenters. The third-order valence-corrected chi connectivity index (χ3v) is 2.56. The molecule has 1 nitrogen and oxygen atoms in total. The van der Waals surface area contributed by atoms with Gasteiger partial charge in [-0.05, 0) is 30.5 Å². The highest BCUT2D eigenvalue weighted by Gasteiger charge is 2.08. The van der Waals surface area contributed by atoms with Crippen LogP contribution in [0.4, 0.5) is 14.5 Å². The smallest absolute Gasteiger partial charge is 0.263 e. The number of nitrogens with two attached hydrogens (primary N) is 1. The van der Waals surface area contributed by atoms with Crippen molar-refractivity contribution in [2.45, 2.75) is 19.3 Å². The number of alkyl halides is 3. The zero-order chi connectivity index (χ0) is 10.6. The molecule has 0 unspecified atom stereocenters. The minimum Gasteiger partial charge on any atom is -0.399 e. The summed E-state index contributed by atoms with van der Waals surface area (Å²) in [5.41, 5.74) is 7.12. The number of anilines is 1. The first-order valence-electron chi connectivity index (χ1n) is 4.37. The standard InChI is InChI=1S/C10H12BrF2N/c11-5-1-2-7-6-8(10(12)13)3-4-9(7)14/h3-4,6,10H,1-2,5,14H2. The number of halogens is 3. The Balaban J connectivity index is 2.85. The number of nitrogen functional groups attached to an aromatic ring is 1. The summed E-state index contributed by atoms with van der Waals surface area (Å²) in [5.74, 6) is 0. The Labute approximate surface area is 90.4 Å². The van der Waals surface area contributed by atoms with Crippen LogP contribution in [-0.2, 0) is 6.42 Å². The van der Waals surface area contributed by atoms with E-state index in [0.717, 1.165) is 23.7 Å². The molecule has 78 valence electrons. The molecule has 0 saturated carbocycles. The first kappa shape index (κ1) is 11.4. The average Bonchev–Trinajstić information content (AvgIpc) is 2.16. The Morgan fingerprint density at radius 2 is 2.07 bits per heavy atom. The van der Waals surface area contributed by atoms with Gasteiger partial charge in [0.25, 0.3) is 6.43 Å². The highest BCUT2D eigenvalue weighted by Crippen LogP contribution is 2.23. The predicted molar refractivity (Wildman–Crippen MR) is 57.9 cm³/mol. The van der Waals surface area contributed by atoms with Crippen LogP contribution in [0.15, 0.2) is 18.2 Å². The van der Waals surface area contributed by atoms with E-state index in [9.17, 15) is 8.78 Å². The van der Waals surface area contributed by atoms with E-state index in [2.05, 4.69) is 15.9 Å². The van der Waals surface area contributed by atoms with Gasteiger partial charge < -0.3 is 5.73 Å². The van der Waals surface area contributed by atoms with Gasteiger partial charge in [-0.2, -0.15) is 0 Å². The Morgan fingerprint density at radius 1 is 1.36 bits per heavy atom. The lowest BCUT2D eigenvalue weighted by molar-refractivity contribution is 0.151. The largest absolute Gasteiger partial charge is 0.399 e. The third kappa shape index (κ3) is 2.94. The number of hydrogen-bond donors (Lipinski definition) is 1. The van der Waals surface area contributed by atoms with Crippen LogP contribution in [0, 0.1) is 0 Å². The van der Waals surface area contributed by atoms with Gasteiger partial charge in [0.05, 0.1) is 0 Å². The molecular formula is C10H12BrF2N. The van der Waals surface area contributed by atoms with Crippen LogP contribution in [0.3, 0.4) is 0 Å². The highest BCUT2D eigenvalue weighted by atomic mass is 79.9. The van der Waals surface area contributed by atoms with Gasteiger partial charge in [0, 0.05) is 16.6 Å². The van der Waals surface area contributed by atoms with Gasteiger partial charge in [-0.3, -0.25) is 0 Å². The first-order valence-corrected chi connectivity index (χ1v) is 5.49. The van der Waals surface area contributed by atoms with Crippen molar-refractivity contribution >= 4 is 21.6 Å². The summed E-state index contributed by atoms with van der Waals surface area (Å²) in [4.78, 5) is 0. The van der Waals surface area contributed by atoms with Crippen molar-refractivity contribution in [2.24, 2.45) is 0 Å². The van der Waals surface area contributed by atoms with E-state index in [1.54, 1.807) is 6.07 Å². The number of rotatable bonds is 4. The lowest BCUT2D eigenvalue weighted by atomic mass is 10.0. The van der Waals surface area contributed by atoms with Gasteiger partial charge in [-0.1, -0.05) is 22.0 Å². The molecule has 0 bridgehead atoms. The molecule has 0 amide bonds. The lowest BCUT2D eigenvalue weighted by Crippen LogP contribution is -1.97. The summed E-state index contributed by atoms with van der Waals surface area (Å²) in [5, 5.41) is 0.853. The molecule has 0 aliphatic rings. The van der Waals surface area contributed by atoms with E-state index in [0.29, 0.717) is 5.69 Å². The van der Waals surface area contributed by atoms with E-state index in [1.807, 2.05) is 0 Å². The van der Waals surface area contributed by atoms with Crippen LogP contribution in [0.2, 0.25) is 0 Å². The number of aryl methyl sites for hydroxylation is 1. The summed E-state index contributed by atoms with van der Waals surface area (Å²) in [6.45, 7) is 0. The Bertz CT molecular complexity index is 302. The summed E-state index contributed by atoms with van der Waals surface area (Å²) in [6.07, 6.45) is -0.785. The molecular weight excluding hydrogens is 252 g/mol. The molecule has 0 heterocycles. The molecule has 0 spiro atoms. The monoisotopic (exact) mass is 263 g/mol. The quantitative estimate of drug-likeness (QED) is 0.653. The summed E-state index contributed by atoms with van der Waals surface area (Å²) < 4.78 is 24.7. The molecule has 4 heteroatoms. The maximum absolute atomic E-state index is 12.4. The molecule has 14 heavy (non-hydrogen) atoms. The van der Waals surface area contributed by atoms with Crippen LogP contribution in [0.1, 0.15) is 24.0 Å². The van der Waals surface area contributed by atoms with E-state index >= 15 is 0 Å². The van der Waals surface area contributed by atoms with Crippen LogP contribution >= 0.6 is 15.9 Å². The SMILES string of the molecule is Nc1ccc(C(F)F)cc1CCCBr. The molecule has 1 aromatic rings. The van der Waals surface area contributed by atoms with Crippen molar-refractivity contribution in [3.8, 4) is 0 Å². The van der Waals surface area contributed by atoms with Crippen molar-refractivity contribution in [2.75, 3.05) is 11.1 Å². The minimum atomic E-state index is -2.42. The maximum Gasteiger partial charge on any atom is 0.263 e. The zero-order valence-corrected chi connectivity index (χ0v) is 9.23. The maximum atomic E-state index is 12.4. The molecule has 0 aromatic heterocycles. The zero-order valence-electron chi connectivity index (χ0n) is 7.64. The summed E-state index contributed by atoms with van der Waals surface area (Å²) in [6, 6.07) is 4.41. The van der Waals surface area contributed by atoms with Crippen LogP contribution in [0.5, 0.6) is 0 Å². The molecule has 1 rings (SSSR count). The van der Waals surface area contributed by atoms with Crippen molar-refractivity contribution in [1.82, 2.24) is 0 Å². The molecule has 0 saturated heterocycles. The number of benzene rings is 1. The van der Waals surface area contributed by atoms with Crippen LogP contribution in [-0.4, -0.2) is 5.33 Å². The minimum absolute atomic E-state index is 0.0452. The van der Waals surface area contributed by atoms with Crippen molar-refractivity contribution in [3.63, 3.8) is 0 Å². The second-order valence-electron chi connectivity index (χ2n) is 3.05. The molecule has 0 radical (unpaired) electrons. The second-order valence-corrected chi connectivity index (χ2v) is 3.84. The van der Waals surface area contributed by atoms with E-state index < -0.39 is 6.43 Å². The van der Waals surface area contributed by atoms with Crippen molar-refractivity contribution in [3.05, 3.63) is 29.3 Å². The average molecular weight is 264 g/mol. The van der Waals surface area contributed by atoms with Gasteiger partial charge in [0.15, 0.2) is 0 Å². The van der Waals surface area contributed by atoms with Crippen molar-refractivity contribution < 1.29 is 8.78 Å². The predicted octanol–water partition coefficient (Wildman–Crippen LogP) is 3.53. The molecule has 1 aromatic carbocycles. The van der Waals surface area contributed by atoms with Gasteiger partial charge in [-0.25, -0.2) is 8.78 Å². The Morgan fingerprint density at radius 3 is 2.64 bits per heavy atom. The fourth-order valence-electron chi connectivity index (χ4n) is 1.24. The topological polar surface area (TPSA) is 26.0 Å². The highest BCUT2D eigenvalue weighted by molar-refractivity contribution is 9.09. The van der Waals surface area contributed by atoms with Crippen molar-refractivity contribution in [1.29, 1.82) is 0 Å². The molecule has 0 aliphatic carbocycles. The van der Waals surface area contributed by atoms with E-state index in [1.165, 1.54) is 12.1 Å². The first-order chi connectivity index (χ1) is 6.65. The van der Waals surface area contributed by atoms with Gasteiger partial charge in [-0.15, -0.1) is 0 Å². The van der Waals surface area contributed by atoms with Gasteiger partial charge in [0.1, 0.15) is 0 Å². The fourth-order valence-corrected chi connectivity index (χ4v) is 1.52. The number of hydrogen-bond acceptors (Lipinski definition) is 1. The normalized spacial score (nSPS) is 10.9. The molecule has 0 fully saturated rings. The van der Waals surface area contributed by atoms with Crippen LogP contribution in [0.25, 0.3) is 0 Å². The van der Waals surface area contributed by atoms with Gasteiger partial charge >= 0.3 is 0 Å².